The number of hydrogen-bond donors (Lipinski definition) is 1. The molecule has 1 N–H and O–H groups in total. The number of aliphatic hydroxyl groups excluding tert-OH is 1. The van der Waals surface area contributed by atoms with Crippen molar-refractivity contribution in [2.45, 2.75) is 78.2 Å². The highest BCUT2D eigenvalue weighted by Gasteiger charge is 2.59. The van der Waals surface area contributed by atoms with Crippen LogP contribution in [0.5, 0.6) is 0 Å². The van der Waals surface area contributed by atoms with Crippen LogP contribution in [0.15, 0.2) is 24.0 Å². The first-order chi connectivity index (χ1) is 19.1. The van der Waals surface area contributed by atoms with Crippen LogP contribution < -0.4 is 0 Å². The van der Waals surface area contributed by atoms with Gasteiger partial charge in [0.15, 0.2) is 0 Å². The van der Waals surface area contributed by atoms with E-state index in [9.17, 15) is 14.7 Å². The Kier molecular flexibility index (Phi) is 7.29. The molecule has 0 spiro atoms. The number of carbonyl (C=O) groups excluding carboxylic acids is 2. The topological polar surface area (TPSA) is 87.9 Å². The Morgan fingerprint density at radius 3 is 2.55 bits per heavy atom. The van der Waals surface area contributed by atoms with E-state index in [1.807, 2.05) is 0 Å². The predicted molar refractivity (Wildman–Crippen MR) is 152 cm³/mol. The molecule has 2 amide bonds. The highest BCUT2D eigenvalue weighted by molar-refractivity contribution is 5.93. The minimum atomic E-state index is -0.249. The lowest BCUT2D eigenvalue weighted by Crippen LogP contribution is -2.51. The Bertz CT molecular complexity index is 1160. The smallest absolute Gasteiger partial charge is 0.409 e. The molecule has 0 unspecified atom stereocenters. The molecule has 5 aliphatic rings. The van der Waals surface area contributed by atoms with Gasteiger partial charge in [0.2, 0.25) is 0 Å². The van der Waals surface area contributed by atoms with Crippen LogP contribution in [0.3, 0.4) is 0 Å². The minimum Gasteiger partial charge on any atom is -0.449 e. The van der Waals surface area contributed by atoms with Crippen molar-refractivity contribution < 1.29 is 19.4 Å². The quantitative estimate of drug-likeness (QED) is 0.538. The fourth-order valence-electron chi connectivity index (χ4n) is 9.83. The van der Waals surface area contributed by atoms with Gasteiger partial charge in [-0.2, -0.15) is 5.10 Å². The zero-order valence-electron chi connectivity index (χ0n) is 24.8. The van der Waals surface area contributed by atoms with Crippen molar-refractivity contribution in [1.29, 1.82) is 0 Å². The van der Waals surface area contributed by atoms with Gasteiger partial charge in [-0.1, -0.05) is 32.4 Å². The maximum atomic E-state index is 13.0. The predicted octanol–water partition coefficient (Wildman–Crippen LogP) is 4.89. The van der Waals surface area contributed by atoms with Gasteiger partial charge in [-0.15, -0.1) is 0 Å². The van der Waals surface area contributed by atoms with Gasteiger partial charge in [0, 0.05) is 39.4 Å². The van der Waals surface area contributed by atoms with Gasteiger partial charge in [0.05, 0.1) is 24.5 Å². The Labute approximate surface area is 239 Å². The molecule has 1 saturated heterocycles. The Balaban J connectivity index is 1.02. The molecule has 0 radical (unpaired) electrons. The van der Waals surface area contributed by atoms with E-state index in [1.165, 1.54) is 37.7 Å². The van der Waals surface area contributed by atoms with E-state index < -0.39 is 0 Å². The number of amides is 2. The van der Waals surface area contributed by atoms with Gasteiger partial charge in [0.1, 0.15) is 0 Å². The molecular formula is C32H48N4O4. The van der Waals surface area contributed by atoms with Crippen LogP contribution in [0.4, 0.5) is 4.79 Å². The van der Waals surface area contributed by atoms with Gasteiger partial charge in [-0.25, -0.2) is 4.79 Å². The highest BCUT2D eigenvalue weighted by atomic mass is 16.6. The average Bonchev–Trinajstić information content (AvgIpc) is 3.54. The summed E-state index contributed by atoms with van der Waals surface area (Å²) in [5.74, 6) is 3.10. The first-order valence-electron chi connectivity index (χ1n) is 15.7. The van der Waals surface area contributed by atoms with Crippen LogP contribution in [-0.4, -0.2) is 75.6 Å². The molecule has 6 rings (SSSR count). The first kappa shape index (κ1) is 27.8. The van der Waals surface area contributed by atoms with Crippen LogP contribution in [0.2, 0.25) is 0 Å². The van der Waals surface area contributed by atoms with E-state index in [0.29, 0.717) is 55.6 Å². The summed E-state index contributed by atoms with van der Waals surface area (Å²) >= 11 is 0. The number of aliphatic hydroxyl groups is 1. The van der Waals surface area contributed by atoms with E-state index in [-0.39, 0.29) is 23.5 Å². The Morgan fingerprint density at radius 1 is 1.07 bits per heavy atom. The number of hydrogen-bond acceptors (Lipinski definition) is 5. The third kappa shape index (κ3) is 4.68. The summed E-state index contributed by atoms with van der Waals surface area (Å²) in [4.78, 5) is 29.2. The van der Waals surface area contributed by atoms with Crippen molar-refractivity contribution >= 4 is 12.0 Å². The van der Waals surface area contributed by atoms with Gasteiger partial charge < -0.3 is 19.6 Å². The number of nitrogens with zero attached hydrogens (tertiary/aromatic N) is 4. The SMILES string of the molecule is C[C@H](COC(=O)N1CCN(C(=O)c2cnn(C)c2)CC1)[C@H]1CC[C@H]2[C@@H]3CC=C4C[C@@H](O)CC[C@]4(C)[C@H]3CC[C@]12C. The van der Waals surface area contributed by atoms with E-state index >= 15 is 0 Å². The van der Waals surface area contributed by atoms with Crippen molar-refractivity contribution in [1.82, 2.24) is 19.6 Å². The number of carbonyl (C=O) groups is 2. The van der Waals surface area contributed by atoms with Crippen molar-refractivity contribution in [3.63, 3.8) is 0 Å². The van der Waals surface area contributed by atoms with Crippen molar-refractivity contribution in [2.24, 2.45) is 47.5 Å². The molecule has 8 nitrogen and oxygen atoms in total. The standard InChI is InChI=1S/C32H48N4O4/c1-21(20-40-30(39)36-15-13-35(14-16-36)29(38)22-18-33-34(4)19-22)26-7-8-27-25-6-5-23-17-24(37)9-11-31(23,2)28(25)10-12-32(26,27)3/h5,18-19,21,24-28,37H,6-17,20H2,1-4H3/t21-,24+,25+,26-,27+,28+,31+,32-/m1/s1. The molecule has 40 heavy (non-hydrogen) atoms. The van der Waals surface area contributed by atoms with Crippen LogP contribution in [0.1, 0.15) is 82.5 Å². The highest BCUT2D eigenvalue weighted by Crippen LogP contribution is 2.67. The lowest BCUT2D eigenvalue weighted by Gasteiger charge is -2.58. The number of aromatic nitrogens is 2. The molecule has 1 aromatic rings. The molecule has 220 valence electrons. The fraction of sp³-hybridized carbons (Fsp3) is 0.781. The summed E-state index contributed by atoms with van der Waals surface area (Å²) in [5.41, 5.74) is 2.70. The maximum absolute atomic E-state index is 13.0. The molecule has 3 saturated carbocycles. The summed E-state index contributed by atoms with van der Waals surface area (Å²) in [5, 5.41) is 14.4. The lowest BCUT2D eigenvalue weighted by atomic mass is 9.47. The van der Waals surface area contributed by atoms with Crippen LogP contribution in [0.25, 0.3) is 0 Å². The summed E-state index contributed by atoms with van der Waals surface area (Å²) in [7, 11) is 1.80. The minimum absolute atomic E-state index is 0.0340. The van der Waals surface area contributed by atoms with Gasteiger partial charge in [0.25, 0.3) is 5.91 Å². The summed E-state index contributed by atoms with van der Waals surface area (Å²) in [6.07, 6.45) is 14.6. The molecule has 1 aliphatic heterocycles. The largest absolute Gasteiger partial charge is 0.449 e. The van der Waals surface area contributed by atoms with Gasteiger partial charge in [-0.3, -0.25) is 9.48 Å². The second kappa shape index (κ2) is 10.5. The number of fused-ring (bicyclic) bond motifs is 5. The molecule has 8 atom stereocenters. The molecule has 8 heteroatoms. The molecule has 4 fully saturated rings. The number of piperazine rings is 1. The molecular weight excluding hydrogens is 504 g/mol. The molecule has 2 heterocycles. The van der Waals surface area contributed by atoms with Crippen molar-refractivity contribution in [3.05, 3.63) is 29.6 Å². The first-order valence-corrected chi connectivity index (χ1v) is 15.7. The maximum Gasteiger partial charge on any atom is 0.409 e. The monoisotopic (exact) mass is 552 g/mol. The zero-order chi connectivity index (χ0) is 28.2. The average molecular weight is 553 g/mol. The molecule has 0 bridgehead atoms. The summed E-state index contributed by atoms with van der Waals surface area (Å²) in [6.45, 7) is 9.80. The number of allylic oxidation sites excluding steroid dienone is 1. The van der Waals surface area contributed by atoms with Crippen molar-refractivity contribution in [3.8, 4) is 0 Å². The van der Waals surface area contributed by atoms with E-state index in [0.717, 1.165) is 37.0 Å². The normalized spacial score (nSPS) is 38.1. The summed E-state index contributed by atoms with van der Waals surface area (Å²) in [6, 6.07) is 0. The second-order valence-corrected chi connectivity index (χ2v) is 14.1. The molecule has 0 aromatic carbocycles. The third-order valence-electron chi connectivity index (χ3n) is 12.1. The van der Waals surface area contributed by atoms with Crippen LogP contribution >= 0.6 is 0 Å². The second-order valence-electron chi connectivity index (χ2n) is 14.1. The van der Waals surface area contributed by atoms with Crippen LogP contribution in [0, 0.1) is 40.4 Å². The van der Waals surface area contributed by atoms with E-state index in [2.05, 4.69) is 31.9 Å². The van der Waals surface area contributed by atoms with Gasteiger partial charge >= 0.3 is 6.09 Å². The molecule has 4 aliphatic carbocycles. The van der Waals surface area contributed by atoms with Crippen molar-refractivity contribution in [2.75, 3.05) is 32.8 Å². The van der Waals surface area contributed by atoms with Crippen LogP contribution in [-0.2, 0) is 11.8 Å². The van der Waals surface area contributed by atoms with E-state index in [4.69, 9.17) is 4.74 Å². The molecule has 1 aromatic heterocycles. The number of aryl methyl sites for hydroxylation is 1. The number of rotatable bonds is 4. The van der Waals surface area contributed by atoms with Gasteiger partial charge in [-0.05, 0) is 91.8 Å². The zero-order valence-corrected chi connectivity index (χ0v) is 24.8. The lowest BCUT2D eigenvalue weighted by molar-refractivity contribution is -0.0609. The van der Waals surface area contributed by atoms with E-state index in [1.54, 1.807) is 33.9 Å². The Hall–Kier alpha value is -2.35. The number of ether oxygens (including phenoxy) is 1. The fourth-order valence-corrected chi connectivity index (χ4v) is 9.83. The summed E-state index contributed by atoms with van der Waals surface area (Å²) < 4.78 is 7.54. The Morgan fingerprint density at radius 2 is 1.82 bits per heavy atom. The third-order valence-corrected chi connectivity index (χ3v) is 12.1.